The molecule has 2 nitrogen and oxygen atoms in total. The van der Waals surface area contributed by atoms with E-state index in [1.165, 1.54) is 16.7 Å². The molecule has 0 aliphatic carbocycles. The molecule has 0 atom stereocenters. The van der Waals surface area contributed by atoms with Crippen LogP contribution in [-0.2, 0) is 5.41 Å². The monoisotopic (exact) mass is 582 g/mol. The first-order valence-electron chi connectivity index (χ1n) is 15.4. The third kappa shape index (κ3) is 6.09. The van der Waals surface area contributed by atoms with Crippen molar-refractivity contribution in [2.24, 2.45) is 0 Å². The summed E-state index contributed by atoms with van der Waals surface area (Å²) in [6.07, 6.45) is 9.52. The van der Waals surface area contributed by atoms with Crippen molar-refractivity contribution in [1.82, 2.24) is 0 Å². The predicted molar refractivity (Wildman–Crippen MR) is 194 cm³/mol. The van der Waals surface area contributed by atoms with E-state index in [1.54, 1.807) is 0 Å². The van der Waals surface area contributed by atoms with E-state index in [-0.39, 0.29) is 0 Å². The zero-order valence-electron chi connectivity index (χ0n) is 25.6. The molecule has 220 valence electrons. The van der Waals surface area contributed by atoms with Crippen LogP contribution in [0.15, 0.2) is 164 Å². The summed E-state index contributed by atoms with van der Waals surface area (Å²) < 4.78 is 0. The van der Waals surface area contributed by atoms with E-state index < -0.39 is 5.41 Å². The summed E-state index contributed by atoms with van der Waals surface area (Å²) in [5.41, 5.74) is 24.4. The second-order valence-electron chi connectivity index (χ2n) is 11.3. The molecule has 0 unspecified atom stereocenters. The van der Waals surface area contributed by atoms with Crippen LogP contribution >= 0.6 is 0 Å². The molecule has 0 fully saturated rings. The molecule has 4 N–H and O–H groups in total. The fraction of sp³-hybridized carbons (Fsp3) is 0.0698. The van der Waals surface area contributed by atoms with Crippen LogP contribution in [0.3, 0.4) is 0 Å². The van der Waals surface area contributed by atoms with Gasteiger partial charge in [-0.05, 0) is 76.6 Å². The lowest BCUT2D eigenvalue weighted by Crippen LogP contribution is -2.29. The van der Waals surface area contributed by atoms with Crippen molar-refractivity contribution in [3.8, 4) is 22.3 Å². The molecule has 0 aliphatic heterocycles. The highest BCUT2D eigenvalue weighted by molar-refractivity contribution is 5.80. The molecule has 0 saturated heterocycles. The predicted octanol–water partition coefficient (Wildman–Crippen LogP) is 10.7. The van der Waals surface area contributed by atoms with Crippen molar-refractivity contribution in [3.63, 3.8) is 0 Å². The van der Waals surface area contributed by atoms with Crippen molar-refractivity contribution in [2.45, 2.75) is 18.8 Å². The van der Waals surface area contributed by atoms with E-state index in [4.69, 9.17) is 11.5 Å². The van der Waals surface area contributed by atoms with Crippen LogP contribution in [0.1, 0.15) is 41.2 Å². The van der Waals surface area contributed by atoms with Crippen LogP contribution in [0.25, 0.3) is 34.4 Å². The van der Waals surface area contributed by atoms with Crippen molar-refractivity contribution >= 4 is 23.5 Å². The standard InChI is InChI=1S/C43H38N2/c1-2-15-32-16-12-13-17-33(32)22-14-29-43(36-23-10-5-11-24-36,37-25-27-41(44)39(30-37)34-18-6-3-7-19-34)38-26-28-42(45)40(31-38)35-20-8-4-9-21-35/h2-28,30-31H,29,44-45H2,1H3/b15-2-,22-14-. The second-order valence-corrected chi connectivity index (χ2v) is 11.3. The molecule has 0 bridgehead atoms. The molecule has 0 spiro atoms. The van der Waals surface area contributed by atoms with Crippen LogP contribution in [-0.4, -0.2) is 0 Å². The molecular weight excluding hydrogens is 544 g/mol. The Morgan fingerprint density at radius 2 is 0.933 bits per heavy atom. The van der Waals surface area contributed by atoms with Gasteiger partial charge < -0.3 is 11.5 Å². The summed E-state index contributed by atoms with van der Waals surface area (Å²) in [5.74, 6) is 0. The normalized spacial score (nSPS) is 11.8. The van der Waals surface area contributed by atoms with Crippen LogP contribution in [0.2, 0.25) is 0 Å². The second kappa shape index (κ2) is 13.4. The zero-order valence-corrected chi connectivity index (χ0v) is 25.6. The van der Waals surface area contributed by atoms with Crippen LogP contribution in [0.4, 0.5) is 11.4 Å². The quantitative estimate of drug-likeness (QED) is 0.132. The van der Waals surface area contributed by atoms with Gasteiger partial charge >= 0.3 is 0 Å². The molecule has 2 heteroatoms. The van der Waals surface area contributed by atoms with E-state index in [0.29, 0.717) is 0 Å². The Kier molecular flexibility index (Phi) is 8.75. The minimum Gasteiger partial charge on any atom is -0.398 e. The van der Waals surface area contributed by atoms with Gasteiger partial charge in [0.1, 0.15) is 0 Å². The minimum atomic E-state index is -0.540. The first-order chi connectivity index (χ1) is 22.1. The third-order valence-corrected chi connectivity index (χ3v) is 8.59. The highest BCUT2D eigenvalue weighted by Gasteiger charge is 2.36. The van der Waals surface area contributed by atoms with Gasteiger partial charge in [0.15, 0.2) is 0 Å². The van der Waals surface area contributed by atoms with Gasteiger partial charge in [0.25, 0.3) is 0 Å². The molecule has 45 heavy (non-hydrogen) atoms. The molecule has 0 amide bonds. The van der Waals surface area contributed by atoms with Crippen molar-refractivity contribution in [2.75, 3.05) is 11.5 Å². The lowest BCUT2D eigenvalue weighted by atomic mass is 9.66. The molecule has 6 aromatic rings. The molecule has 0 aromatic heterocycles. The summed E-state index contributed by atoms with van der Waals surface area (Å²) in [7, 11) is 0. The summed E-state index contributed by atoms with van der Waals surface area (Å²) in [4.78, 5) is 0. The lowest BCUT2D eigenvalue weighted by Gasteiger charge is -2.36. The molecule has 0 aliphatic rings. The first-order valence-corrected chi connectivity index (χ1v) is 15.4. The highest BCUT2D eigenvalue weighted by Crippen LogP contribution is 2.46. The molecule has 0 heterocycles. The number of hydrogen-bond donors (Lipinski definition) is 2. The van der Waals surface area contributed by atoms with Crippen LogP contribution in [0, 0.1) is 0 Å². The Labute approximate surface area is 267 Å². The van der Waals surface area contributed by atoms with Crippen molar-refractivity contribution < 1.29 is 0 Å². The fourth-order valence-electron chi connectivity index (χ4n) is 6.31. The topological polar surface area (TPSA) is 52.0 Å². The summed E-state index contributed by atoms with van der Waals surface area (Å²) >= 11 is 0. The highest BCUT2D eigenvalue weighted by atomic mass is 14.6. The number of allylic oxidation sites excluding steroid dienone is 2. The Bertz CT molecular complexity index is 1850. The van der Waals surface area contributed by atoms with Gasteiger partial charge in [-0.25, -0.2) is 0 Å². The number of nitrogen functional groups attached to an aromatic ring is 2. The summed E-state index contributed by atoms with van der Waals surface area (Å²) in [6.45, 7) is 2.05. The van der Waals surface area contributed by atoms with Gasteiger partial charge in [0, 0.05) is 27.9 Å². The Hall–Kier alpha value is -5.60. The van der Waals surface area contributed by atoms with Gasteiger partial charge in [-0.2, -0.15) is 0 Å². The van der Waals surface area contributed by atoms with Crippen molar-refractivity contribution in [3.05, 3.63) is 192 Å². The fourth-order valence-corrected chi connectivity index (χ4v) is 6.31. The van der Waals surface area contributed by atoms with Crippen molar-refractivity contribution in [1.29, 1.82) is 0 Å². The van der Waals surface area contributed by atoms with Gasteiger partial charge in [0.05, 0.1) is 0 Å². The number of rotatable bonds is 9. The maximum absolute atomic E-state index is 6.65. The maximum Gasteiger partial charge on any atom is 0.0486 e. The molecule has 6 aromatic carbocycles. The van der Waals surface area contributed by atoms with Crippen LogP contribution < -0.4 is 11.5 Å². The van der Waals surface area contributed by atoms with E-state index in [0.717, 1.165) is 51.2 Å². The van der Waals surface area contributed by atoms with Gasteiger partial charge in [-0.15, -0.1) is 0 Å². The first kappa shape index (κ1) is 29.5. The summed E-state index contributed by atoms with van der Waals surface area (Å²) in [5, 5.41) is 0. The number of anilines is 2. The molecule has 0 radical (unpaired) electrons. The largest absolute Gasteiger partial charge is 0.398 e. The third-order valence-electron chi connectivity index (χ3n) is 8.59. The van der Waals surface area contributed by atoms with E-state index in [1.807, 2.05) is 12.1 Å². The Morgan fingerprint density at radius 1 is 0.489 bits per heavy atom. The van der Waals surface area contributed by atoms with Gasteiger partial charge in [0.2, 0.25) is 0 Å². The average molecular weight is 583 g/mol. The van der Waals surface area contributed by atoms with Crippen LogP contribution in [0.5, 0.6) is 0 Å². The SMILES string of the molecule is C/C=C\c1ccccc1/C=C\CC(c1ccccc1)(c1ccc(N)c(-c2ccccc2)c1)c1ccc(N)c(-c2ccccc2)c1. The minimum absolute atomic E-state index is 0.540. The van der Waals surface area contributed by atoms with Gasteiger partial charge in [-0.3, -0.25) is 0 Å². The van der Waals surface area contributed by atoms with E-state index in [9.17, 15) is 0 Å². The summed E-state index contributed by atoms with van der Waals surface area (Å²) in [6, 6.07) is 53.1. The maximum atomic E-state index is 6.65. The Balaban J connectivity index is 1.61. The molecular formula is C43H38N2. The molecule has 0 saturated carbocycles. The number of hydrogen-bond acceptors (Lipinski definition) is 2. The van der Waals surface area contributed by atoms with E-state index in [2.05, 4.69) is 171 Å². The molecule has 6 rings (SSSR count). The number of benzene rings is 6. The average Bonchev–Trinajstić information content (AvgIpc) is 3.09. The zero-order chi connectivity index (χ0) is 31.1. The smallest absolute Gasteiger partial charge is 0.0486 e. The number of nitrogens with two attached hydrogens (primary N) is 2. The van der Waals surface area contributed by atoms with E-state index >= 15 is 0 Å². The lowest BCUT2D eigenvalue weighted by molar-refractivity contribution is 0.629. The Morgan fingerprint density at radius 3 is 1.42 bits per heavy atom. The van der Waals surface area contributed by atoms with Gasteiger partial charge in [-0.1, -0.05) is 152 Å².